The van der Waals surface area contributed by atoms with Crippen LogP contribution in [0.4, 0.5) is 14.5 Å². The number of halogens is 2. The third-order valence-electron chi connectivity index (χ3n) is 3.23. The number of rotatable bonds is 3. The Hall–Kier alpha value is -2.09. The number of hydrogen-bond acceptors (Lipinski definition) is 4. The van der Waals surface area contributed by atoms with E-state index < -0.39 is 33.7 Å². The van der Waals surface area contributed by atoms with Gasteiger partial charge in [-0.3, -0.25) is 14.9 Å². The number of nitrogens with zero attached hydrogens (tertiary/aromatic N) is 2. The predicted molar refractivity (Wildman–Crippen MR) is 64.3 cm³/mol. The fraction of sp³-hybridized carbons (Fsp3) is 0.417. The second-order valence-electron chi connectivity index (χ2n) is 4.44. The van der Waals surface area contributed by atoms with E-state index in [1.807, 2.05) is 0 Å². The van der Waals surface area contributed by atoms with Crippen molar-refractivity contribution in [2.24, 2.45) is 0 Å². The van der Waals surface area contributed by atoms with Gasteiger partial charge >= 0.3 is 0 Å². The molecule has 0 aromatic heterocycles. The molecular weight excluding hydrogens is 274 g/mol. The number of benzene rings is 1. The number of hydrogen-bond donors (Lipinski definition) is 0. The number of ether oxygens (including phenoxy) is 1. The third kappa shape index (κ3) is 2.60. The van der Waals surface area contributed by atoms with Crippen LogP contribution < -0.4 is 0 Å². The van der Waals surface area contributed by atoms with Crippen LogP contribution in [0, 0.1) is 21.7 Å². The summed E-state index contributed by atoms with van der Waals surface area (Å²) in [6, 6.07) is 0.988. The number of methoxy groups -OCH3 is 1. The van der Waals surface area contributed by atoms with E-state index in [0.29, 0.717) is 25.1 Å². The quantitative estimate of drug-likeness (QED) is 0.626. The zero-order valence-electron chi connectivity index (χ0n) is 10.6. The molecule has 1 amide bonds. The fourth-order valence-corrected chi connectivity index (χ4v) is 2.13. The molecule has 108 valence electrons. The summed E-state index contributed by atoms with van der Waals surface area (Å²) in [5, 5.41) is 10.8. The molecule has 1 aromatic carbocycles. The van der Waals surface area contributed by atoms with Gasteiger partial charge in [-0.25, -0.2) is 8.78 Å². The lowest BCUT2D eigenvalue weighted by Gasteiger charge is -2.16. The largest absolute Gasteiger partial charge is 0.380 e. The predicted octanol–water partition coefficient (Wildman–Crippen LogP) is 1.73. The van der Waals surface area contributed by atoms with E-state index in [2.05, 4.69) is 0 Å². The summed E-state index contributed by atoms with van der Waals surface area (Å²) in [5.74, 6) is -3.35. The van der Waals surface area contributed by atoms with Crippen molar-refractivity contribution in [2.75, 3.05) is 20.2 Å². The van der Waals surface area contributed by atoms with E-state index in [1.54, 1.807) is 0 Å². The summed E-state index contributed by atoms with van der Waals surface area (Å²) in [6.07, 6.45) is 0.447. The minimum atomic E-state index is -1.36. The Morgan fingerprint density at radius 2 is 2.10 bits per heavy atom. The molecule has 6 nitrogen and oxygen atoms in total. The van der Waals surface area contributed by atoms with E-state index in [1.165, 1.54) is 12.0 Å². The number of carbonyl (C=O) groups excluding carboxylic acids is 1. The molecule has 0 spiro atoms. The minimum absolute atomic E-state index is 0.150. The van der Waals surface area contributed by atoms with Gasteiger partial charge in [0.15, 0.2) is 11.6 Å². The molecular formula is C12H12F2N2O4. The molecule has 8 heteroatoms. The van der Waals surface area contributed by atoms with Gasteiger partial charge in [-0.1, -0.05) is 0 Å². The first-order valence-electron chi connectivity index (χ1n) is 5.89. The molecule has 1 fully saturated rings. The maximum atomic E-state index is 13.2. The van der Waals surface area contributed by atoms with Gasteiger partial charge in [0.1, 0.15) is 5.56 Å². The molecule has 1 aliphatic heterocycles. The van der Waals surface area contributed by atoms with Crippen molar-refractivity contribution in [3.63, 3.8) is 0 Å². The summed E-state index contributed by atoms with van der Waals surface area (Å²) in [4.78, 5) is 23.4. The molecule has 1 heterocycles. The Bertz CT molecular complexity index is 565. The maximum Gasteiger partial charge on any atom is 0.285 e. The second-order valence-corrected chi connectivity index (χ2v) is 4.44. The van der Waals surface area contributed by atoms with Crippen molar-refractivity contribution in [3.8, 4) is 0 Å². The zero-order valence-corrected chi connectivity index (χ0v) is 10.6. The SMILES string of the molecule is COC1CCN(C(=O)c2cc(F)c(F)cc2[N+](=O)[O-])C1. The Kier molecular flexibility index (Phi) is 3.93. The van der Waals surface area contributed by atoms with E-state index in [9.17, 15) is 23.7 Å². The molecule has 20 heavy (non-hydrogen) atoms. The lowest BCUT2D eigenvalue weighted by atomic mass is 10.1. The maximum absolute atomic E-state index is 13.2. The van der Waals surface area contributed by atoms with E-state index in [4.69, 9.17) is 4.74 Å². The molecule has 2 rings (SSSR count). The Labute approximate surface area is 113 Å². The summed E-state index contributed by atoms with van der Waals surface area (Å²) in [6.45, 7) is 0.624. The molecule has 1 aliphatic rings. The smallest absolute Gasteiger partial charge is 0.285 e. The Balaban J connectivity index is 2.34. The monoisotopic (exact) mass is 286 g/mol. The average Bonchev–Trinajstić information content (AvgIpc) is 2.89. The molecule has 0 N–H and O–H groups in total. The Morgan fingerprint density at radius 1 is 1.45 bits per heavy atom. The van der Waals surface area contributed by atoms with Gasteiger partial charge in [0, 0.05) is 20.2 Å². The van der Waals surface area contributed by atoms with Crippen LogP contribution in [0.25, 0.3) is 0 Å². The van der Waals surface area contributed by atoms with Gasteiger partial charge in [-0.05, 0) is 12.5 Å². The highest BCUT2D eigenvalue weighted by Gasteiger charge is 2.32. The number of likely N-dealkylation sites (tertiary alicyclic amines) is 1. The average molecular weight is 286 g/mol. The first kappa shape index (κ1) is 14.3. The molecule has 1 aromatic rings. The van der Waals surface area contributed by atoms with Crippen molar-refractivity contribution in [1.29, 1.82) is 0 Å². The normalized spacial score (nSPS) is 18.4. The van der Waals surface area contributed by atoms with E-state index >= 15 is 0 Å². The van der Waals surface area contributed by atoms with Crippen LogP contribution in [0.2, 0.25) is 0 Å². The second kappa shape index (κ2) is 5.49. The highest BCUT2D eigenvalue weighted by molar-refractivity contribution is 5.98. The molecule has 1 saturated heterocycles. The lowest BCUT2D eigenvalue weighted by Crippen LogP contribution is -2.30. The topological polar surface area (TPSA) is 72.7 Å². The van der Waals surface area contributed by atoms with Gasteiger partial charge in [-0.15, -0.1) is 0 Å². The zero-order chi connectivity index (χ0) is 14.9. The first-order chi connectivity index (χ1) is 9.43. The van der Waals surface area contributed by atoms with Gasteiger partial charge in [-0.2, -0.15) is 0 Å². The molecule has 1 atom stereocenters. The van der Waals surface area contributed by atoms with Crippen molar-refractivity contribution < 1.29 is 23.2 Å². The highest BCUT2D eigenvalue weighted by Crippen LogP contribution is 2.25. The molecule has 0 radical (unpaired) electrons. The summed E-state index contributed by atoms with van der Waals surface area (Å²) >= 11 is 0. The fourth-order valence-electron chi connectivity index (χ4n) is 2.13. The van der Waals surface area contributed by atoms with Gasteiger partial charge in [0.05, 0.1) is 17.1 Å². The standard InChI is InChI=1S/C12H12F2N2O4/c1-20-7-2-3-15(6-7)12(17)8-4-9(13)10(14)5-11(8)16(18)19/h4-5,7H,2-3,6H2,1H3. The minimum Gasteiger partial charge on any atom is -0.380 e. The molecule has 0 aliphatic carbocycles. The summed E-state index contributed by atoms with van der Waals surface area (Å²) < 4.78 is 31.4. The summed E-state index contributed by atoms with van der Waals surface area (Å²) in [5.41, 5.74) is -1.19. The van der Waals surface area contributed by atoms with Crippen LogP contribution in [-0.4, -0.2) is 42.0 Å². The van der Waals surface area contributed by atoms with Crippen LogP contribution in [0.15, 0.2) is 12.1 Å². The first-order valence-corrected chi connectivity index (χ1v) is 5.89. The van der Waals surface area contributed by atoms with Crippen molar-refractivity contribution in [1.82, 2.24) is 4.90 Å². The molecule has 0 saturated carbocycles. The third-order valence-corrected chi connectivity index (χ3v) is 3.23. The number of amides is 1. The highest BCUT2D eigenvalue weighted by atomic mass is 19.2. The van der Waals surface area contributed by atoms with E-state index in [-0.39, 0.29) is 12.6 Å². The van der Waals surface area contributed by atoms with Crippen LogP contribution in [0.5, 0.6) is 0 Å². The van der Waals surface area contributed by atoms with Crippen molar-refractivity contribution >= 4 is 11.6 Å². The number of nitro groups is 1. The molecule has 1 unspecified atom stereocenters. The van der Waals surface area contributed by atoms with Gasteiger partial charge in [0.2, 0.25) is 0 Å². The van der Waals surface area contributed by atoms with Crippen LogP contribution >= 0.6 is 0 Å². The number of nitro benzene ring substituents is 1. The van der Waals surface area contributed by atoms with Crippen LogP contribution in [0.3, 0.4) is 0 Å². The van der Waals surface area contributed by atoms with E-state index in [0.717, 1.165) is 0 Å². The van der Waals surface area contributed by atoms with Crippen molar-refractivity contribution in [2.45, 2.75) is 12.5 Å². The van der Waals surface area contributed by atoms with Gasteiger partial charge < -0.3 is 9.64 Å². The number of carbonyl (C=O) groups is 1. The summed E-state index contributed by atoms with van der Waals surface area (Å²) in [7, 11) is 1.50. The van der Waals surface area contributed by atoms with Crippen molar-refractivity contribution in [3.05, 3.63) is 39.4 Å². The Morgan fingerprint density at radius 3 is 2.65 bits per heavy atom. The van der Waals surface area contributed by atoms with Crippen LogP contribution in [0.1, 0.15) is 16.8 Å². The molecule has 0 bridgehead atoms. The van der Waals surface area contributed by atoms with Gasteiger partial charge in [0.25, 0.3) is 11.6 Å². The lowest BCUT2D eigenvalue weighted by molar-refractivity contribution is -0.385. The van der Waals surface area contributed by atoms with Crippen LogP contribution in [-0.2, 0) is 4.74 Å².